The van der Waals surface area contributed by atoms with Crippen LogP contribution in [0.4, 0.5) is 5.69 Å². The minimum absolute atomic E-state index is 0.0199. The number of hydrogen-bond acceptors (Lipinski definition) is 5. The predicted octanol–water partition coefficient (Wildman–Crippen LogP) is 3.53. The third kappa shape index (κ3) is 5.15. The number of amides is 3. The van der Waals surface area contributed by atoms with Crippen molar-refractivity contribution in [1.82, 2.24) is 9.80 Å². The highest BCUT2D eigenvalue weighted by atomic mass is 16.5. The highest BCUT2D eigenvalue weighted by Gasteiger charge is 2.40. The monoisotopic (exact) mass is 505 g/mol. The number of anilines is 1. The third-order valence-electron chi connectivity index (χ3n) is 8.02. The van der Waals surface area contributed by atoms with Gasteiger partial charge in [-0.2, -0.15) is 0 Å². The minimum Gasteiger partial charge on any atom is -0.493 e. The summed E-state index contributed by atoms with van der Waals surface area (Å²) in [6.07, 6.45) is 4.33. The van der Waals surface area contributed by atoms with Gasteiger partial charge in [0.15, 0.2) is 11.5 Å². The molecule has 0 bridgehead atoms. The molecule has 2 aromatic carbocycles. The van der Waals surface area contributed by atoms with E-state index in [1.807, 2.05) is 52.3 Å². The Bertz CT molecular complexity index is 1160. The fraction of sp³-hybridized carbons (Fsp3) is 0.483. The number of rotatable bonds is 7. The van der Waals surface area contributed by atoms with Crippen LogP contribution in [0.5, 0.6) is 11.5 Å². The number of benzene rings is 2. The highest BCUT2D eigenvalue weighted by Crippen LogP contribution is 2.33. The standard InChI is InChI=1S/C29H35N3O5/c1-36-25-11-5-20(18-26(25)37-2)13-17-32-24-14-16-30(19-22(24)8-12-28(32)34)29(35)21-6-9-23(10-7-21)31-15-3-4-27(31)33/h5-7,9-11,18,22,24H,3-4,8,12-17,19H2,1-2H3/t22-,24+/m1/s1. The van der Waals surface area contributed by atoms with Crippen molar-refractivity contribution in [2.24, 2.45) is 5.92 Å². The van der Waals surface area contributed by atoms with Gasteiger partial charge in [0.2, 0.25) is 11.8 Å². The maximum absolute atomic E-state index is 13.3. The Hall–Kier alpha value is -3.55. The average Bonchev–Trinajstić information content (AvgIpc) is 3.37. The highest BCUT2D eigenvalue weighted by molar-refractivity contribution is 5.97. The minimum atomic E-state index is 0.0199. The summed E-state index contributed by atoms with van der Waals surface area (Å²) >= 11 is 0. The second-order valence-corrected chi connectivity index (χ2v) is 10.1. The van der Waals surface area contributed by atoms with Gasteiger partial charge in [0.25, 0.3) is 5.91 Å². The van der Waals surface area contributed by atoms with Crippen molar-refractivity contribution in [1.29, 1.82) is 0 Å². The molecule has 2 aromatic rings. The SMILES string of the molecule is COc1ccc(CCN2C(=O)CC[C@@H]3CN(C(=O)c4ccc(N5CCCC5=O)cc4)CC[C@@H]32)cc1OC. The van der Waals surface area contributed by atoms with Gasteiger partial charge in [-0.05, 0) is 73.6 Å². The zero-order chi connectivity index (χ0) is 25.9. The Morgan fingerprint density at radius 3 is 2.41 bits per heavy atom. The first-order valence-electron chi connectivity index (χ1n) is 13.2. The molecule has 0 unspecified atom stereocenters. The van der Waals surface area contributed by atoms with Crippen LogP contribution in [-0.4, -0.2) is 74.0 Å². The average molecular weight is 506 g/mol. The van der Waals surface area contributed by atoms with Crippen molar-refractivity contribution < 1.29 is 23.9 Å². The molecule has 0 spiro atoms. The summed E-state index contributed by atoms with van der Waals surface area (Å²) in [6.45, 7) is 2.69. The first-order valence-corrected chi connectivity index (χ1v) is 13.2. The number of ether oxygens (including phenoxy) is 2. The fourth-order valence-electron chi connectivity index (χ4n) is 6.00. The molecule has 0 saturated carbocycles. The van der Waals surface area contributed by atoms with Crippen LogP contribution < -0.4 is 14.4 Å². The molecule has 3 aliphatic heterocycles. The zero-order valence-electron chi connectivity index (χ0n) is 21.7. The molecular weight excluding hydrogens is 470 g/mol. The number of likely N-dealkylation sites (tertiary alicyclic amines) is 2. The van der Waals surface area contributed by atoms with Gasteiger partial charge < -0.3 is 24.2 Å². The quantitative estimate of drug-likeness (QED) is 0.575. The maximum Gasteiger partial charge on any atom is 0.253 e. The van der Waals surface area contributed by atoms with Crippen LogP contribution in [0.25, 0.3) is 0 Å². The lowest BCUT2D eigenvalue weighted by atomic mass is 9.83. The summed E-state index contributed by atoms with van der Waals surface area (Å²) in [4.78, 5) is 43.9. The van der Waals surface area contributed by atoms with Gasteiger partial charge in [-0.1, -0.05) is 6.07 Å². The molecule has 8 heteroatoms. The molecular formula is C29H35N3O5. The molecule has 0 aromatic heterocycles. The molecule has 5 rings (SSSR count). The van der Waals surface area contributed by atoms with Crippen molar-refractivity contribution in [2.75, 3.05) is 45.3 Å². The molecule has 37 heavy (non-hydrogen) atoms. The number of methoxy groups -OCH3 is 2. The van der Waals surface area contributed by atoms with Crippen LogP contribution in [0.15, 0.2) is 42.5 Å². The van der Waals surface area contributed by atoms with Crippen molar-refractivity contribution in [3.05, 3.63) is 53.6 Å². The van der Waals surface area contributed by atoms with E-state index < -0.39 is 0 Å². The largest absolute Gasteiger partial charge is 0.493 e. The lowest BCUT2D eigenvalue weighted by molar-refractivity contribution is -0.140. The van der Waals surface area contributed by atoms with Crippen molar-refractivity contribution >= 4 is 23.4 Å². The van der Waals surface area contributed by atoms with E-state index in [0.29, 0.717) is 49.5 Å². The second-order valence-electron chi connectivity index (χ2n) is 10.1. The Morgan fingerprint density at radius 1 is 0.919 bits per heavy atom. The topological polar surface area (TPSA) is 79.4 Å². The van der Waals surface area contributed by atoms with Gasteiger partial charge in [0, 0.05) is 56.3 Å². The molecule has 8 nitrogen and oxygen atoms in total. The first kappa shape index (κ1) is 25.1. The van der Waals surface area contributed by atoms with Gasteiger partial charge in [-0.15, -0.1) is 0 Å². The van der Waals surface area contributed by atoms with Crippen LogP contribution in [0.3, 0.4) is 0 Å². The molecule has 3 aliphatic rings. The molecule has 0 N–H and O–H groups in total. The molecule has 3 saturated heterocycles. The number of fused-ring (bicyclic) bond motifs is 1. The van der Waals surface area contributed by atoms with E-state index in [1.165, 1.54) is 0 Å². The number of hydrogen-bond donors (Lipinski definition) is 0. The molecule has 3 fully saturated rings. The van der Waals surface area contributed by atoms with Gasteiger partial charge in [0.05, 0.1) is 14.2 Å². The number of nitrogens with zero attached hydrogens (tertiary/aromatic N) is 3. The van der Waals surface area contributed by atoms with E-state index in [0.717, 1.165) is 43.5 Å². The Balaban J connectivity index is 1.21. The molecule has 3 heterocycles. The molecule has 0 aliphatic carbocycles. The fourth-order valence-corrected chi connectivity index (χ4v) is 6.00. The predicted molar refractivity (Wildman–Crippen MR) is 140 cm³/mol. The summed E-state index contributed by atoms with van der Waals surface area (Å²) in [6, 6.07) is 13.4. The van der Waals surface area contributed by atoms with Crippen molar-refractivity contribution in [3.8, 4) is 11.5 Å². The van der Waals surface area contributed by atoms with Gasteiger partial charge in [-0.25, -0.2) is 0 Å². The van der Waals surface area contributed by atoms with Crippen molar-refractivity contribution in [3.63, 3.8) is 0 Å². The summed E-state index contributed by atoms with van der Waals surface area (Å²) in [5, 5.41) is 0. The van der Waals surface area contributed by atoms with E-state index in [-0.39, 0.29) is 29.7 Å². The first-order chi connectivity index (χ1) is 18.0. The normalized spacial score (nSPS) is 21.7. The van der Waals surface area contributed by atoms with E-state index >= 15 is 0 Å². The number of carbonyl (C=O) groups is 3. The summed E-state index contributed by atoms with van der Waals surface area (Å²) in [7, 11) is 3.24. The van der Waals surface area contributed by atoms with Gasteiger partial charge >= 0.3 is 0 Å². The van der Waals surface area contributed by atoms with E-state index in [1.54, 1.807) is 19.1 Å². The number of piperidine rings is 2. The van der Waals surface area contributed by atoms with Crippen LogP contribution in [0.2, 0.25) is 0 Å². The van der Waals surface area contributed by atoms with E-state index in [9.17, 15) is 14.4 Å². The summed E-state index contributed by atoms with van der Waals surface area (Å²) < 4.78 is 10.8. The summed E-state index contributed by atoms with van der Waals surface area (Å²) in [5.41, 5.74) is 2.60. The smallest absolute Gasteiger partial charge is 0.253 e. The molecule has 2 atom stereocenters. The van der Waals surface area contributed by atoms with Crippen LogP contribution >= 0.6 is 0 Å². The van der Waals surface area contributed by atoms with Crippen LogP contribution in [0.1, 0.15) is 48.0 Å². The lowest BCUT2D eigenvalue weighted by Crippen LogP contribution is -2.57. The van der Waals surface area contributed by atoms with Gasteiger partial charge in [-0.3, -0.25) is 14.4 Å². The van der Waals surface area contributed by atoms with Gasteiger partial charge in [0.1, 0.15) is 0 Å². The molecule has 0 radical (unpaired) electrons. The van der Waals surface area contributed by atoms with E-state index in [2.05, 4.69) is 0 Å². The van der Waals surface area contributed by atoms with E-state index in [4.69, 9.17) is 9.47 Å². The Kier molecular flexibility index (Phi) is 7.35. The lowest BCUT2D eigenvalue weighted by Gasteiger charge is -2.47. The molecule has 196 valence electrons. The van der Waals surface area contributed by atoms with Crippen LogP contribution in [-0.2, 0) is 16.0 Å². The van der Waals surface area contributed by atoms with Crippen molar-refractivity contribution in [2.45, 2.75) is 44.6 Å². The number of carbonyl (C=O) groups excluding carboxylic acids is 3. The molecule has 3 amide bonds. The second kappa shape index (κ2) is 10.8. The third-order valence-corrected chi connectivity index (χ3v) is 8.02. The van der Waals surface area contributed by atoms with Crippen LogP contribution in [0, 0.1) is 5.92 Å². The summed E-state index contributed by atoms with van der Waals surface area (Å²) in [5.74, 6) is 2.03. The zero-order valence-corrected chi connectivity index (χ0v) is 21.7. The Labute approximate surface area is 218 Å². The Morgan fingerprint density at radius 2 is 1.70 bits per heavy atom. The maximum atomic E-state index is 13.3.